The predicted octanol–water partition coefficient (Wildman–Crippen LogP) is 4.95. The van der Waals surface area contributed by atoms with Gasteiger partial charge < -0.3 is 4.90 Å². The maximum atomic E-state index is 12.9. The Labute approximate surface area is 122 Å². The van der Waals surface area contributed by atoms with Gasteiger partial charge in [0.15, 0.2) is 0 Å². The molecule has 0 N–H and O–H groups in total. The predicted molar refractivity (Wildman–Crippen MR) is 75.2 cm³/mol. The van der Waals surface area contributed by atoms with E-state index in [1.807, 2.05) is 0 Å². The molecule has 0 bridgehead atoms. The standard InChI is InChI=1S/C15H19ClF3N/c1-2-8-20-9-6-11(7-10-20)12-4-3-5-13(14(12)16)15(17,18)19/h3-5,11H,2,6-10H2,1H3. The van der Waals surface area contributed by atoms with Crippen LogP contribution in [0.1, 0.15) is 43.2 Å². The summed E-state index contributed by atoms with van der Waals surface area (Å²) in [7, 11) is 0. The Balaban J connectivity index is 2.15. The van der Waals surface area contributed by atoms with Crippen LogP contribution < -0.4 is 0 Å². The molecule has 1 aromatic carbocycles. The van der Waals surface area contributed by atoms with E-state index in [-0.39, 0.29) is 10.9 Å². The SMILES string of the molecule is CCCN1CCC(c2cccc(C(F)(F)F)c2Cl)CC1. The van der Waals surface area contributed by atoms with Crippen molar-refractivity contribution >= 4 is 11.6 Å². The van der Waals surface area contributed by atoms with E-state index in [0.717, 1.165) is 45.0 Å². The Morgan fingerprint density at radius 3 is 2.45 bits per heavy atom. The van der Waals surface area contributed by atoms with Crippen LogP contribution in [0, 0.1) is 0 Å². The number of rotatable bonds is 3. The highest BCUT2D eigenvalue weighted by Gasteiger charge is 2.35. The molecule has 0 aromatic heterocycles. The van der Waals surface area contributed by atoms with Gasteiger partial charge in [-0.05, 0) is 56.4 Å². The monoisotopic (exact) mass is 305 g/mol. The van der Waals surface area contributed by atoms with Crippen LogP contribution in [-0.2, 0) is 6.18 Å². The van der Waals surface area contributed by atoms with E-state index in [0.29, 0.717) is 5.56 Å². The molecule has 0 radical (unpaired) electrons. The number of hydrogen-bond donors (Lipinski definition) is 0. The quantitative estimate of drug-likeness (QED) is 0.764. The highest BCUT2D eigenvalue weighted by Crippen LogP contribution is 2.40. The molecule has 0 aliphatic carbocycles. The van der Waals surface area contributed by atoms with Gasteiger partial charge >= 0.3 is 6.18 Å². The van der Waals surface area contributed by atoms with E-state index < -0.39 is 11.7 Å². The third-order valence-electron chi connectivity index (χ3n) is 3.90. The van der Waals surface area contributed by atoms with Crippen molar-refractivity contribution in [3.63, 3.8) is 0 Å². The van der Waals surface area contributed by atoms with E-state index in [2.05, 4.69) is 11.8 Å². The van der Waals surface area contributed by atoms with Gasteiger partial charge in [0.05, 0.1) is 10.6 Å². The molecule has 0 atom stereocenters. The largest absolute Gasteiger partial charge is 0.417 e. The lowest BCUT2D eigenvalue weighted by atomic mass is 9.88. The molecule has 112 valence electrons. The molecule has 0 saturated carbocycles. The molecule has 1 aliphatic rings. The van der Waals surface area contributed by atoms with Crippen molar-refractivity contribution in [2.24, 2.45) is 0 Å². The van der Waals surface area contributed by atoms with Crippen LogP contribution in [0.15, 0.2) is 18.2 Å². The average molecular weight is 306 g/mol. The number of halogens is 4. The first-order valence-electron chi connectivity index (χ1n) is 7.01. The minimum absolute atomic E-state index is 0.117. The van der Waals surface area contributed by atoms with Crippen LogP contribution in [0.4, 0.5) is 13.2 Å². The van der Waals surface area contributed by atoms with Gasteiger partial charge in [0, 0.05) is 0 Å². The Bertz CT molecular complexity index is 451. The first-order valence-corrected chi connectivity index (χ1v) is 7.39. The second kappa shape index (κ2) is 6.35. The van der Waals surface area contributed by atoms with Gasteiger partial charge in [-0.25, -0.2) is 0 Å². The Kier molecular flexibility index (Phi) is 4.97. The summed E-state index contributed by atoms with van der Waals surface area (Å²) in [6, 6.07) is 4.25. The Hall–Kier alpha value is -0.740. The van der Waals surface area contributed by atoms with Crippen molar-refractivity contribution < 1.29 is 13.2 Å². The number of alkyl halides is 3. The summed E-state index contributed by atoms with van der Waals surface area (Å²) < 4.78 is 38.6. The average Bonchev–Trinajstić information content (AvgIpc) is 2.39. The molecule has 0 spiro atoms. The fourth-order valence-electron chi connectivity index (χ4n) is 2.87. The Morgan fingerprint density at radius 2 is 1.90 bits per heavy atom. The fraction of sp³-hybridized carbons (Fsp3) is 0.600. The fourth-order valence-corrected chi connectivity index (χ4v) is 3.26. The summed E-state index contributed by atoms with van der Waals surface area (Å²) in [6.07, 6.45) is -1.52. The van der Waals surface area contributed by atoms with Gasteiger partial charge in [0.1, 0.15) is 0 Å². The van der Waals surface area contributed by atoms with Gasteiger partial charge in [-0.3, -0.25) is 0 Å². The third kappa shape index (κ3) is 3.47. The highest BCUT2D eigenvalue weighted by molar-refractivity contribution is 6.32. The molecule has 20 heavy (non-hydrogen) atoms. The van der Waals surface area contributed by atoms with Crippen molar-refractivity contribution in [1.29, 1.82) is 0 Å². The summed E-state index contributed by atoms with van der Waals surface area (Å²) in [6.45, 7) is 5.06. The zero-order chi connectivity index (χ0) is 14.8. The van der Waals surface area contributed by atoms with Gasteiger partial charge in [-0.1, -0.05) is 30.7 Å². The molecule has 0 amide bonds. The lowest BCUT2D eigenvalue weighted by Crippen LogP contribution is -2.33. The number of benzene rings is 1. The molecule has 0 unspecified atom stereocenters. The van der Waals surface area contributed by atoms with Gasteiger partial charge in [0.25, 0.3) is 0 Å². The molecule has 5 heteroatoms. The molecule has 1 saturated heterocycles. The lowest BCUT2D eigenvalue weighted by molar-refractivity contribution is -0.137. The van der Waals surface area contributed by atoms with Crippen molar-refractivity contribution in [2.45, 2.75) is 38.3 Å². The van der Waals surface area contributed by atoms with Gasteiger partial charge in [0.2, 0.25) is 0 Å². The maximum absolute atomic E-state index is 12.9. The number of nitrogens with zero attached hydrogens (tertiary/aromatic N) is 1. The van der Waals surface area contributed by atoms with Crippen LogP contribution in [-0.4, -0.2) is 24.5 Å². The minimum atomic E-state index is -4.38. The molecular weight excluding hydrogens is 287 g/mol. The summed E-state index contributed by atoms with van der Waals surface area (Å²) >= 11 is 5.99. The molecule has 1 aromatic rings. The Morgan fingerprint density at radius 1 is 1.25 bits per heavy atom. The van der Waals surface area contributed by atoms with Crippen molar-refractivity contribution in [1.82, 2.24) is 4.90 Å². The van der Waals surface area contributed by atoms with Crippen LogP contribution in [0.3, 0.4) is 0 Å². The lowest BCUT2D eigenvalue weighted by Gasteiger charge is -2.32. The van der Waals surface area contributed by atoms with Crippen molar-refractivity contribution in [3.8, 4) is 0 Å². The van der Waals surface area contributed by atoms with Gasteiger partial charge in [-0.2, -0.15) is 13.2 Å². The zero-order valence-electron chi connectivity index (χ0n) is 11.5. The summed E-state index contributed by atoms with van der Waals surface area (Å²) in [5, 5.41) is -0.117. The first-order chi connectivity index (χ1) is 9.43. The van der Waals surface area contributed by atoms with Crippen LogP contribution >= 0.6 is 11.6 Å². The third-order valence-corrected chi connectivity index (χ3v) is 4.32. The molecular formula is C15H19ClF3N. The molecule has 1 fully saturated rings. The second-order valence-corrected chi connectivity index (χ2v) is 5.70. The van der Waals surface area contributed by atoms with Crippen LogP contribution in [0.5, 0.6) is 0 Å². The van der Waals surface area contributed by atoms with Crippen molar-refractivity contribution in [2.75, 3.05) is 19.6 Å². The van der Waals surface area contributed by atoms with E-state index in [1.165, 1.54) is 6.07 Å². The molecule has 1 heterocycles. The minimum Gasteiger partial charge on any atom is -0.303 e. The molecule has 1 nitrogen and oxygen atoms in total. The maximum Gasteiger partial charge on any atom is 0.417 e. The van der Waals surface area contributed by atoms with E-state index >= 15 is 0 Å². The van der Waals surface area contributed by atoms with Crippen molar-refractivity contribution in [3.05, 3.63) is 34.3 Å². The van der Waals surface area contributed by atoms with Gasteiger partial charge in [-0.15, -0.1) is 0 Å². The molecule has 2 rings (SSSR count). The smallest absolute Gasteiger partial charge is 0.303 e. The highest BCUT2D eigenvalue weighted by atomic mass is 35.5. The zero-order valence-corrected chi connectivity index (χ0v) is 12.3. The number of likely N-dealkylation sites (tertiary alicyclic amines) is 1. The summed E-state index contributed by atoms with van der Waals surface area (Å²) in [5.74, 6) is 0.137. The van der Waals surface area contributed by atoms with E-state index in [4.69, 9.17) is 11.6 Å². The first kappa shape index (κ1) is 15.6. The normalized spacial score (nSPS) is 18.4. The van der Waals surface area contributed by atoms with Crippen LogP contribution in [0.2, 0.25) is 5.02 Å². The topological polar surface area (TPSA) is 3.24 Å². The van der Waals surface area contributed by atoms with E-state index in [1.54, 1.807) is 6.07 Å². The van der Waals surface area contributed by atoms with E-state index in [9.17, 15) is 13.2 Å². The molecule has 1 aliphatic heterocycles. The summed E-state index contributed by atoms with van der Waals surface area (Å²) in [4.78, 5) is 2.36. The van der Waals surface area contributed by atoms with Crippen LogP contribution in [0.25, 0.3) is 0 Å². The number of piperidine rings is 1. The number of hydrogen-bond acceptors (Lipinski definition) is 1. The summed E-state index contributed by atoms with van der Waals surface area (Å²) in [5.41, 5.74) is -0.0645. The second-order valence-electron chi connectivity index (χ2n) is 5.32.